The van der Waals surface area contributed by atoms with E-state index in [1.54, 1.807) is 0 Å². The summed E-state index contributed by atoms with van der Waals surface area (Å²) in [5.41, 5.74) is 0. The maximum absolute atomic E-state index is 2.29. The molecule has 0 aliphatic rings. The van der Waals surface area contributed by atoms with Crippen molar-refractivity contribution in [1.29, 1.82) is 0 Å². The third-order valence-electron chi connectivity index (χ3n) is 2.71. The Bertz CT molecular complexity index is 81.7. The van der Waals surface area contributed by atoms with Gasteiger partial charge in [0.15, 0.2) is 0 Å². The average molecular weight is 246 g/mol. The van der Waals surface area contributed by atoms with Crippen molar-refractivity contribution < 1.29 is 0 Å². The molecule has 0 aromatic carbocycles. The fraction of sp³-hybridized carbons (Fsp3) is 1.00. The molecule has 3 N–H and O–H groups in total. The predicted octanol–water partition coefficient (Wildman–Crippen LogP) is 5.08. The normalized spacial score (nSPS) is 9.27. The van der Waals surface area contributed by atoms with Crippen molar-refractivity contribution in [3.8, 4) is 0 Å². The Morgan fingerprint density at radius 3 is 1.33 bits per heavy atom. The Labute approximate surface area is 121 Å². The standard InChI is InChI=1S/C12H25.ClH.H3N.Na/c1-3-5-7-9-11-12-10-8-6-4-2;;;/h1,3-12H2,2H3;1H;1H3;. The molecule has 15 heavy (non-hydrogen) atoms. The molecule has 0 bridgehead atoms. The number of hydrogen-bond acceptors (Lipinski definition) is 1. The first-order chi connectivity index (χ1) is 6.41. The smallest absolute Gasteiger partial charge is 0.147 e. The Morgan fingerprint density at radius 1 is 0.667 bits per heavy atom. The molecular formula is C12H29ClNNa. The Morgan fingerprint density at radius 2 is 1.00 bits per heavy atom. The molecule has 0 atom stereocenters. The van der Waals surface area contributed by atoms with Crippen LogP contribution in [0.15, 0.2) is 0 Å². The van der Waals surface area contributed by atoms with Gasteiger partial charge in [0.2, 0.25) is 0 Å². The third kappa shape index (κ3) is 21.2. The van der Waals surface area contributed by atoms with E-state index in [1.165, 1.54) is 95.8 Å². The van der Waals surface area contributed by atoms with Gasteiger partial charge < -0.3 is 6.15 Å². The zero-order chi connectivity index (χ0) is 9.78. The topological polar surface area (TPSA) is 35.0 Å². The van der Waals surface area contributed by atoms with Crippen molar-refractivity contribution >= 4 is 40.3 Å². The van der Waals surface area contributed by atoms with E-state index in [0.29, 0.717) is 0 Å². The van der Waals surface area contributed by atoms with Crippen LogP contribution in [0.3, 0.4) is 0 Å². The molecule has 0 spiro atoms. The second kappa shape index (κ2) is 20.6. The first kappa shape index (κ1) is 21.5. The van der Waals surface area contributed by atoms with Crippen LogP contribution in [0, 0.1) is 0 Å². The van der Waals surface area contributed by atoms with Crippen LogP contribution >= 0.6 is 12.4 Å². The number of hydrogen-bond donors (Lipinski definition) is 1. The van der Waals surface area contributed by atoms with E-state index >= 15 is 0 Å². The molecule has 90 valence electrons. The Kier molecular flexibility index (Phi) is 29.6. The molecule has 0 aromatic rings. The minimum Gasteiger partial charge on any atom is -0.344 e. The molecule has 0 unspecified atom stereocenters. The molecule has 0 aromatic heterocycles. The summed E-state index contributed by atoms with van der Waals surface area (Å²) in [5.74, 6) is 0. The molecule has 0 fully saturated rings. The Balaban J connectivity index is -0.000000720. The largest absolute Gasteiger partial charge is 0.344 e. The van der Waals surface area contributed by atoms with Crippen molar-refractivity contribution in [3.63, 3.8) is 0 Å². The molecule has 0 amide bonds. The van der Waals surface area contributed by atoms with Gasteiger partial charge in [0, 0.05) is 0 Å². The van der Waals surface area contributed by atoms with Crippen molar-refractivity contribution in [2.45, 2.75) is 74.8 Å². The van der Waals surface area contributed by atoms with E-state index in [-0.39, 0.29) is 18.6 Å². The molecule has 3 heteroatoms. The summed E-state index contributed by atoms with van der Waals surface area (Å²) in [6, 6.07) is 0. The van der Waals surface area contributed by atoms with Crippen LogP contribution in [-0.2, 0) is 0 Å². The zero-order valence-corrected chi connectivity index (χ0v) is 13.7. The quantitative estimate of drug-likeness (QED) is 0.423. The fourth-order valence-electron chi connectivity index (χ4n) is 1.74. The van der Waals surface area contributed by atoms with E-state index in [9.17, 15) is 0 Å². The van der Waals surface area contributed by atoms with E-state index in [2.05, 4.69) is 6.92 Å². The summed E-state index contributed by atoms with van der Waals surface area (Å²) in [6.45, 7) is 2.29. The summed E-state index contributed by atoms with van der Waals surface area (Å²) in [5, 5.41) is 0. The van der Waals surface area contributed by atoms with E-state index in [1.807, 2.05) is 0 Å². The van der Waals surface area contributed by atoms with Gasteiger partial charge in [-0.3, -0.25) is 0 Å². The second-order valence-electron chi connectivity index (χ2n) is 4.18. The maximum atomic E-state index is 2.29. The van der Waals surface area contributed by atoms with E-state index in [0.717, 1.165) is 0 Å². The first-order valence-corrected chi connectivity index (χ1v) is 7.83. The summed E-state index contributed by atoms with van der Waals surface area (Å²) in [6.07, 6.45) is 14.7. The summed E-state index contributed by atoms with van der Waals surface area (Å²) < 4.78 is 1.51. The third-order valence-corrected chi connectivity index (χ3v) is 3.41. The van der Waals surface area contributed by atoms with Gasteiger partial charge in [0.25, 0.3) is 0 Å². The van der Waals surface area contributed by atoms with Gasteiger partial charge in [-0.2, -0.15) is 0 Å². The zero-order valence-electron chi connectivity index (χ0n) is 10.9. The van der Waals surface area contributed by atoms with Crippen LogP contribution in [0.5, 0.6) is 0 Å². The van der Waals surface area contributed by atoms with E-state index < -0.39 is 0 Å². The molecule has 0 rings (SSSR count). The summed E-state index contributed by atoms with van der Waals surface area (Å²) in [7, 11) is 0. The first-order valence-electron chi connectivity index (χ1n) is 6.41. The monoisotopic (exact) mass is 245 g/mol. The van der Waals surface area contributed by atoms with Crippen LogP contribution in [0.4, 0.5) is 0 Å². The van der Waals surface area contributed by atoms with Crippen LogP contribution < -0.4 is 6.15 Å². The maximum Gasteiger partial charge on any atom is -0.147 e. The molecule has 0 aliphatic carbocycles. The molecular weight excluding hydrogens is 217 g/mol. The van der Waals surface area contributed by atoms with E-state index in [4.69, 9.17) is 0 Å². The molecule has 0 aliphatic heterocycles. The van der Waals surface area contributed by atoms with Crippen LogP contribution in [0.1, 0.15) is 71.1 Å². The van der Waals surface area contributed by atoms with Crippen LogP contribution in [0.25, 0.3) is 0 Å². The number of rotatable bonds is 10. The van der Waals surface area contributed by atoms with Gasteiger partial charge in [-0.05, 0) is 0 Å². The van der Waals surface area contributed by atoms with Gasteiger partial charge in [0.05, 0.1) is 0 Å². The molecule has 0 radical (unpaired) electrons. The summed E-state index contributed by atoms with van der Waals surface area (Å²) in [4.78, 5) is 0. The van der Waals surface area contributed by atoms with Crippen molar-refractivity contribution in [2.75, 3.05) is 0 Å². The molecule has 0 saturated carbocycles. The van der Waals surface area contributed by atoms with Crippen molar-refractivity contribution in [3.05, 3.63) is 0 Å². The molecule has 0 heterocycles. The van der Waals surface area contributed by atoms with Crippen molar-refractivity contribution in [1.82, 2.24) is 6.15 Å². The van der Waals surface area contributed by atoms with Gasteiger partial charge in [-0.15, -0.1) is 12.4 Å². The van der Waals surface area contributed by atoms with Crippen molar-refractivity contribution in [2.24, 2.45) is 0 Å². The SMILES string of the molecule is CCCCCCCCCCC[CH2][Na].Cl.N. The minimum absolute atomic E-state index is 0. The van der Waals surface area contributed by atoms with Crippen LogP contribution in [0.2, 0.25) is 3.67 Å². The minimum atomic E-state index is 0. The number of unbranched alkanes of at least 4 members (excludes halogenated alkanes) is 9. The molecule has 0 saturated heterocycles. The van der Waals surface area contributed by atoms with Crippen LogP contribution in [-0.4, -0.2) is 27.9 Å². The summed E-state index contributed by atoms with van der Waals surface area (Å²) >= 11 is 1.41. The van der Waals surface area contributed by atoms with Gasteiger partial charge in [0.1, 0.15) is 0 Å². The molecule has 1 nitrogen and oxygen atoms in total. The Hall–Kier alpha value is 1.25. The van der Waals surface area contributed by atoms with Gasteiger partial charge >= 0.3 is 103 Å². The van der Waals surface area contributed by atoms with Gasteiger partial charge in [-0.25, -0.2) is 0 Å². The van der Waals surface area contributed by atoms with Gasteiger partial charge in [-0.1, -0.05) is 0 Å². The fourth-order valence-corrected chi connectivity index (χ4v) is 2.24. The average Bonchev–Trinajstić information content (AvgIpc) is 2.16. The predicted molar refractivity (Wildman–Crippen MR) is 74.7 cm³/mol. The number of halogens is 1. The second-order valence-corrected chi connectivity index (χ2v) is 5.18.